The topological polar surface area (TPSA) is 70.6 Å². The molecular weight excluding hydrogens is 280 g/mol. The zero-order valence-electron chi connectivity index (χ0n) is 11.4. The average Bonchev–Trinajstić information content (AvgIpc) is 2.38. The van der Waals surface area contributed by atoms with Crippen molar-refractivity contribution in [1.29, 1.82) is 0 Å². The Morgan fingerprint density at radius 1 is 1.50 bits per heavy atom. The second kappa shape index (κ2) is 6.43. The molecular formula is C14H19ClN2O3. The van der Waals surface area contributed by atoms with Crippen molar-refractivity contribution in [3.8, 4) is 0 Å². The zero-order valence-corrected chi connectivity index (χ0v) is 12.2. The van der Waals surface area contributed by atoms with Gasteiger partial charge in [-0.25, -0.2) is 0 Å². The maximum atomic E-state index is 12.0. The zero-order chi connectivity index (χ0) is 14.6. The first-order valence-corrected chi connectivity index (χ1v) is 6.98. The molecule has 0 spiro atoms. The van der Waals surface area contributed by atoms with Crippen molar-refractivity contribution >= 4 is 23.2 Å². The van der Waals surface area contributed by atoms with Crippen LogP contribution in [0.2, 0.25) is 5.02 Å². The number of anilines is 1. The summed E-state index contributed by atoms with van der Waals surface area (Å²) in [5, 5.41) is 15.9. The number of nitrogens with one attached hydrogen (secondary N) is 2. The minimum absolute atomic E-state index is 0.0526. The fourth-order valence-electron chi connectivity index (χ4n) is 2.04. The first-order valence-electron chi connectivity index (χ1n) is 6.60. The van der Waals surface area contributed by atoms with E-state index in [-0.39, 0.29) is 17.9 Å². The molecule has 0 atom stereocenters. The van der Waals surface area contributed by atoms with Crippen LogP contribution in [-0.4, -0.2) is 43.9 Å². The minimum atomic E-state index is -0.263. The van der Waals surface area contributed by atoms with Crippen molar-refractivity contribution in [2.45, 2.75) is 6.92 Å². The number of benzene rings is 1. The normalized spacial score (nSPS) is 16.4. The molecule has 0 radical (unpaired) electrons. The molecule has 1 fully saturated rings. The lowest BCUT2D eigenvalue weighted by molar-refractivity contribution is -0.128. The first-order chi connectivity index (χ1) is 9.60. The molecule has 1 saturated heterocycles. The third-order valence-corrected chi connectivity index (χ3v) is 3.60. The van der Waals surface area contributed by atoms with Crippen LogP contribution in [0.15, 0.2) is 18.2 Å². The Hall–Kier alpha value is -1.30. The van der Waals surface area contributed by atoms with E-state index in [1.54, 1.807) is 18.2 Å². The largest absolute Gasteiger partial charge is 0.396 e. The molecule has 0 saturated carbocycles. The van der Waals surface area contributed by atoms with Gasteiger partial charge in [-0.05, 0) is 25.1 Å². The predicted molar refractivity (Wildman–Crippen MR) is 78.3 cm³/mol. The number of hydrogen-bond acceptors (Lipinski definition) is 4. The SMILES string of the molecule is CCNC(=O)c1ccc(Cl)cc1NCC1(CO)COC1. The molecule has 1 aromatic rings. The summed E-state index contributed by atoms with van der Waals surface area (Å²) in [7, 11) is 0. The third kappa shape index (κ3) is 3.23. The van der Waals surface area contributed by atoms with E-state index >= 15 is 0 Å². The Morgan fingerprint density at radius 2 is 2.25 bits per heavy atom. The van der Waals surface area contributed by atoms with Crippen molar-refractivity contribution in [2.75, 3.05) is 38.2 Å². The van der Waals surface area contributed by atoms with Crippen LogP contribution >= 0.6 is 11.6 Å². The molecule has 0 aromatic heterocycles. The van der Waals surface area contributed by atoms with Gasteiger partial charge in [-0.1, -0.05) is 11.6 Å². The molecule has 5 nitrogen and oxygen atoms in total. The van der Waals surface area contributed by atoms with Gasteiger partial charge < -0.3 is 20.5 Å². The monoisotopic (exact) mass is 298 g/mol. The summed E-state index contributed by atoms with van der Waals surface area (Å²) in [6.45, 7) is 4.07. The van der Waals surface area contributed by atoms with Gasteiger partial charge >= 0.3 is 0 Å². The first kappa shape index (κ1) is 15.1. The van der Waals surface area contributed by atoms with Gasteiger partial charge in [0, 0.05) is 23.8 Å². The fourth-order valence-corrected chi connectivity index (χ4v) is 2.21. The maximum absolute atomic E-state index is 12.0. The van der Waals surface area contributed by atoms with E-state index in [0.29, 0.717) is 42.6 Å². The van der Waals surface area contributed by atoms with E-state index in [9.17, 15) is 9.90 Å². The Bertz CT molecular complexity index is 484. The average molecular weight is 299 g/mol. The van der Waals surface area contributed by atoms with Crippen LogP contribution in [0.3, 0.4) is 0 Å². The summed E-state index contributed by atoms with van der Waals surface area (Å²) in [4.78, 5) is 12.0. The number of carbonyl (C=O) groups is 1. The molecule has 1 heterocycles. The lowest BCUT2D eigenvalue weighted by atomic mass is 9.87. The summed E-state index contributed by atoms with van der Waals surface area (Å²) in [6.07, 6.45) is 0. The molecule has 6 heteroatoms. The lowest BCUT2D eigenvalue weighted by Gasteiger charge is -2.40. The number of aliphatic hydroxyl groups is 1. The van der Waals surface area contributed by atoms with E-state index in [1.807, 2.05) is 6.92 Å². The smallest absolute Gasteiger partial charge is 0.253 e. The number of carbonyl (C=O) groups excluding carboxylic acids is 1. The second-order valence-corrected chi connectivity index (χ2v) is 5.49. The van der Waals surface area contributed by atoms with Gasteiger partial charge in [0.1, 0.15) is 0 Å². The van der Waals surface area contributed by atoms with Crippen LogP contribution in [0.5, 0.6) is 0 Å². The summed E-state index contributed by atoms with van der Waals surface area (Å²) >= 11 is 5.98. The fraction of sp³-hybridized carbons (Fsp3) is 0.500. The van der Waals surface area contributed by atoms with E-state index in [0.717, 1.165) is 0 Å². The number of halogens is 1. The standard InChI is InChI=1S/C14H19ClN2O3/c1-2-16-13(19)11-4-3-10(15)5-12(11)17-6-14(7-18)8-20-9-14/h3-5,17-18H,2,6-9H2,1H3,(H,16,19). The van der Waals surface area contributed by atoms with Crippen molar-refractivity contribution in [3.63, 3.8) is 0 Å². The molecule has 1 aliphatic rings. The number of ether oxygens (including phenoxy) is 1. The van der Waals surface area contributed by atoms with Crippen LogP contribution in [0.25, 0.3) is 0 Å². The molecule has 2 rings (SSSR count). The molecule has 1 aromatic carbocycles. The van der Waals surface area contributed by atoms with Crippen LogP contribution < -0.4 is 10.6 Å². The van der Waals surface area contributed by atoms with Gasteiger partial charge in [0.15, 0.2) is 0 Å². The van der Waals surface area contributed by atoms with Gasteiger partial charge in [0.25, 0.3) is 5.91 Å². The van der Waals surface area contributed by atoms with Crippen LogP contribution in [0, 0.1) is 5.41 Å². The molecule has 110 valence electrons. The van der Waals surface area contributed by atoms with E-state index < -0.39 is 0 Å². The van der Waals surface area contributed by atoms with Gasteiger partial charge in [-0.15, -0.1) is 0 Å². The molecule has 0 bridgehead atoms. The van der Waals surface area contributed by atoms with Crippen molar-refractivity contribution in [2.24, 2.45) is 5.41 Å². The highest BCUT2D eigenvalue weighted by Gasteiger charge is 2.38. The van der Waals surface area contributed by atoms with Crippen LogP contribution in [0.1, 0.15) is 17.3 Å². The van der Waals surface area contributed by atoms with Gasteiger partial charge in [0.2, 0.25) is 0 Å². The number of amides is 1. The van der Waals surface area contributed by atoms with E-state index in [1.165, 1.54) is 0 Å². The van der Waals surface area contributed by atoms with Gasteiger partial charge in [-0.3, -0.25) is 4.79 Å². The highest BCUT2D eigenvalue weighted by Crippen LogP contribution is 2.29. The number of hydrogen-bond donors (Lipinski definition) is 3. The molecule has 0 unspecified atom stereocenters. The van der Waals surface area contributed by atoms with Crippen molar-refractivity contribution < 1.29 is 14.6 Å². The number of rotatable bonds is 6. The molecule has 3 N–H and O–H groups in total. The minimum Gasteiger partial charge on any atom is -0.396 e. The predicted octanol–water partition coefficient (Wildman–Crippen LogP) is 1.51. The van der Waals surface area contributed by atoms with E-state index in [2.05, 4.69) is 10.6 Å². The summed E-state index contributed by atoms with van der Waals surface area (Å²) in [6, 6.07) is 5.10. The van der Waals surface area contributed by atoms with Crippen molar-refractivity contribution in [1.82, 2.24) is 5.32 Å². The maximum Gasteiger partial charge on any atom is 0.253 e. The highest BCUT2D eigenvalue weighted by atomic mass is 35.5. The number of aliphatic hydroxyl groups excluding tert-OH is 1. The molecule has 1 amide bonds. The Morgan fingerprint density at radius 3 is 2.80 bits per heavy atom. The molecule has 20 heavy (non-hydrogen) atoms. The van der Waals surface area contributed by atoms with Gasteiger partial charge in [0.05, 0.1) is 30.8 Å². The van der Waals surface area contributed by atoms with Crippen LogP contribution in [0.4, 0.5) is 5.69 Å². The summed E-state index contributed by atoms with van der Waals surface area (Å²) in [5.74, 6) is -0.144. The van der Waals surface area contributed by atoms with E-state index in [4.69, 9.17) is 16.3 Å². The molecule has 0 aliphatic carbocycles. The Balaban J connectivity index is 2.12. The third-order valence-electron chi connectivity index (χ3n) is 3.37. The van der Waals surface area contributed by atoms with Crippen LogP contribution in [-0.2, 0) is 4.74 Å². The summed E-state index contributed by atoms with van der Waals surface area (Å²) < 4.78 is 5.15. The Kier molecular flexibility index (Phi) is 4.86. The van der Waals surface area contributed by atoms with Gasteiger partial charge in [-0.2, -0.15) is 0 Å². The molecule has 1 aliphatic heterocycles. The quantitative estimate of drug-likeness (QED) is 0.744. The second-order valence-electron chi connectivity index (χ2n) is 5.05. The van der Waals surface area contributed by atoms with Crippen molar-refractivity contribution in [3.05, 3.63) is 28.8 Å². The Labute approximate surface area is 123 Å². The highest BCUT2D eigenvalue weighted by molar-refractivity contribution is 6.31. The summed E-state index contributed by atoms with van der Waals surface area (Å²) in [5.41, 5.74) is 0.952. The lowest BCUT2D eigenvalue weighted by Crippen LogP contribution is -2.50.